The van der Waals surface area contributed by atoms with E-state index in [0.717, 1.165) is 14.1 Å². The molecule has 0 bridgehead atoms. The van der Waals surface area contributed by atoms with Gasteiger partial charge in [-0.3, -0.25) is 4.79 Å². The molecule has 0 spiro atoms. The van der Waals surface area contributed by atoms with Crippen LogP contribution < -0.4 is 5.32 Å². The van der Waals surface area contributed by atoms with E-state index in [2.05, 4.69) is 17.9 Å². The van der Waals surface area contributed by atoms with Crippen LogP contribution in [0.4, 0.5) is 0 Å². The fourth-order valence-corrected chi connectivity index (χ4v) is 3.24. The molecule has 0 saturated carbocycles. The average molecular weight is 290 g/mol. The van der Waals surface area contributed by atoms with E-state index in [4.69, 9.17) is 11.6 Å². The average Bonchev–Trinajstić information content (AvgIpc) is 2.84. The van der Waals surface area contributed by atoms with Crippen LogP contribution in [0.1, 0.15) is 14.5 Å². The summed E-state index contributed by atoms with van der Waals surface area (Å²) in [4.78, 5) is 14.2. The molecule has 0 atom stereocenters. The number of rotatable bonds is 3. The van der Waals surface area contributed by atoms with Gasteiger partial charge in [-0.05, 0) is 18.2 Å². The van der Waals surface area contributed by atoms with Crippen molar-refractivity contribution >= 4 is 52.8 Å². The highest BCUT2D eigenvalue weighted by atomic mass is 35.5. The summed E-state index contributed by atoms with van der Waals surface area (Å²) in [6, 6.07) is 5.49. The maximum absolute atomic E-state index is 11.7. The van der Waals surface area contributed by atoms with Gasteiger partial charge in [-0.1, -0.05) is 11.6 Å². The van der Waals surface area contributed by atoms with Crippen LogP contribution in [0.2, 0.25) is 4.34 Å². The van der Waals surface area contributed by atoms with E-state index in [1.165, 1.54) is 22.7 Å². The Balaban J connectivity index is 1.93. The van der Waals surface area contributed by atoms with E-state index < -0.39 is 0 Å². The Hall–Kier alpha value is -0.490. The lowest BCUT2D eigenvalue weighted by molar-refractivity contribution is 0.0955. The second-order valence-corrected chi connectivity index (χ2v) is 6.28. The smallest absolute Gasteiger partial charge is 0.261 e. The van der Waals surface area contributed by atoms with Crippen molar-refractivity contribution < 1.29 is 4.79 Å². The first-order valence-electron chi connectivity index (χ1n) is 4.45. The third kappa shape index (κ3) is 3.01. The van der Waals surface area contributed by atoms with E-state index in [1.54, 1.807) is 6.07 Å². The van der Waals surface area contributed by atoms with Crippen LogP contribution in [-0.4, -0.2) is 5.91 Å². The minimum absolute atomic E-state index is 0.0742. The number of amides is 1. The van der Waals surface area contributed by atoms with Gasteiger partial charge in [0.2, 0.25) is 0 Å². The molecule has 2 nitrogen and oxygen atoms in total. The number of nitrogens with one attached hydrogen (secondary N) is 1. The number of hydrogen-bond acceptors (Lipinski definition) is 4. The Morgan fingerprint density at radius 3 is 2.88 bits per heavy atom. The highest BCUT2D eigenvalue weighted by molar-refractivity contribution is 7.80. The quantitative estimate of drug-likeness (QED) is 0.829. The van der Waals surface area contributed by atoms with Crippen molar-refractivity contribution in [2.45, 2.75) is 11.4 Å². The normalized spacial score (nSPS) is 10.4. The second-order valence-electron chi connectivity index (χ2n) is 3.06. The molecule has 2 heterocycles. The number of thiophene rings is 2. The van der Waals surface area contributed by atoms with Gasteiger partial charge >= 0.3 is 0 Å². The summed E-state index contributed by atoms with van der Waals surface area (Å²) in [5.74, 6) is -0.0742. The summed E-state index contributed by atoms with van der Waals surface area (Å²) < 4.78 is 0.734. The summed E-state index contributed by atoms with van der Waals surface area (Å²) in [7, 11) is 0. The molecule has 0 aliphatic rings. The standard InChI is InChI=1S/C10H8ClNOS3/c11-9-2-1-7(16-9)4-12-10(13)8-3-6(14)5-15-8/h1-3,5,14H,4H2,(H,12,13). The van der Waals surface area contributed by atoms with E-state index >= 15 is 0 Å². The molecule has 16 heavy (non-hydrogen) atoms. The van der Waals surface area contributed by atoms with Crippen LogP contribution in [0.25, 0.3) is 0 Å². The minimum atomic E-state index is -0.0742. The lowest BCUT2D eigenvalue weighted by Crippen LogP contribution is -2.21. The molecule has 2 aromatic heterocycles. The van der Waals surface area contributed by atoms with Crippen LogP contribution in [0.15, 0.2) is 28.5 Å². The Bertz CT molecular complexity index is 506. The van der Waals surface area contributed by atoms with Gasteiger partial charge in [-0.25, -0.2) is 0 Å². The Morgan fingerprint density at radius 1 is 1.50 bits per heavy atom. The first kappa shape index (κ1) is 12.0. The van der Waals surface area contributed by atoms with Crippen molar-refractivity contribution in [2.75, 3.05) is 0 Å². The van der Waals surface area contributed by atoms with Gasteiger partial charge in [0, 0.05) is 15.2 Å². The Morgan fingerprint density at radius 2 is 2.31 bits per heavy atom. The highest BCUT2D eigenvalue weighted by Gasteiger charge is 2.08. The maximum Gasteiger partial charge on any atom is 0.261 e. The fraction of sp³-hybridized carbons (Fsp3) is 0.100. The molecule has 0 aromatic carbocycles. The van der Waals surface area contributed by atoms with E-state index in [-0.39, 0.29) is 5.91 Å². The van der Waals surface area contributed by atoms with E-state index in [1.807, 2.05) is 17.5 Å². The lowest BCUT2D eigenvalue weighted by Gasteiger charge is -2.00. The van der Waals surface area contributed by atoms with Crippen molar-refractivity contribution in [3.05, 3.63) is 37.7 Å². The molecule has 0 aliphatic carbocycles. The molecule has 0 aliphatic heterocycles. The van der Waals surface area contributed by atoms with Gasteiger partial charge in [0.1, 0.15) is 0 Å². The SMILES string of the molecule is O=C(NCc1ccc(Cl)s1)c1cc(S)cs1. The van der Waals surface area contributed by atoms with Gasteiger partial charge in [-0.15, -0.1) is 35.3 Å². The first-order valence-corrected chi connectivity index (χ1v) is 6.97. The molecule has 0 radical (unpaired) electrons. The lowest BCUT2D eigenvalue weighted by atomic mass is 10.4. The van der Waals surface area contributed by atoms with Crippen LogP contribution in [0, 0.1) is 0 Å². The van der Waals surface area contributed by atoms with E-state index in [9.17, 15) is 4.79 Å². The third-order valence-corrected chi connectivity index (χ3v) is 4.45. The molecule has 0 unspecified atom stereocenters. The van der Waals surface area contributed by atoms with Crippen LogP contribution >= 0.6 is 46.9 Å². The largest absolute Gasteiger partial charge is 0.346 e. The summed E-state index contributed by atoms with van der Waals surface area (Å²) in [6.45, 7) is 0.510. The topological polar surface area (TPSA) is 29.1 Å². The summed E-state index contributed by atoms with van der Waals surface area (Å²) >= 11 is 12.8. The maximum atomic E-state index is 11.7. The van der Waals surface area contributed by atoms with Gasteiger partial charge in [0.25, 0.3) is 5.91 Å². The molecular formula is C10H8ClNOS3. The minimum Gasteiger partial charge on any atom is -0.346 e. The predicted molar refractivity (Wildman–Crippen MR) is 72.1 cm³/mol. The second kappa shape index (κ2) is 5.23. The van der Waals surface area contributed by atoms with Gasteiger partial charge in [-0.2, -0.15) is 0 Å². The molecular weight excluding hydrogens is 282 g/mol. The van der Waals surface area contributed by atoms with Crippen molar-refractivity contribution in [2.24, 2.45) is 0 Å². The van der Waals surface area contributed by atoms with Crippen molar-refractivity contribution in [3.8, 4) is 0 Å². The van der Waals surface area contributed by atoms with Crippen molar-refractivity contribution in [3.63, 3.8) is 0 Å². The number of carbonyl (C=O) groups excluding carboxylic acids is 1. The highest BCUT2D eigenvalue weighted by Crippen LogP contribution is 2.21. The molecule has 1 amide bonds. The zero-order valence-corrected chi connectivity index (χ0v) is 11.3. The van der Waals surface area contributed by atoms with Crippen LogP contribution in [0.3, 0.4) is 0 Å². The van der Waals surface area contributed by atoms with Gasteiger partial charge < -0.3 is 5.32 Å². The molecule has 84 valence electrons. The molecule has 0 fully saturated rings. The summed E-state index contributed by atoms with van der Waals surface area (Å²) in [6.07, 6.45) is 0. The van der Waals surface area contributed by atoms with Crippen molar-refractivity contribution in [1.29, 1.82) is 0 Å². The molecule has 2 rings (SSSR count). The van der Waals surface area contributed by atoms with E-state index in [0.29, 0.717) is 11.4 Å². The molecule has 6 heteroatoms. The summed E-state index contributed by atoms with van der Waals surface area (Å²) in [5, 5.41) is 4.66. The van der Waals surface area contributed by atoms with Crippen LogP contribution in [0.5, 0.6) is 0 Å². The predicted octanol–water partition coefficient (Wildman–Crippen LogP) is 3.68. The number of carbonyl (C=O) groups is 1. The fourth-order valence-electron chi connectivity index (χ4n) is 1.15. The zero-order valence-electron chi connectivity index (χ0n) is 8.07. The van der Waals surface area contributed by atoms with Crippen molar-refractivity contribution in [1.82, 2.24) is 5.32 Å². The Labute approximate surface area is 112 Å². The molecule has 1 N–H and O–H groups in total. The first-order chi connectivity index (χ1) is 7.65. The number of hydrogen-bond donors (Lipinski definition) is 2. The van der Waals surface area contributed by atoms with Gasteiger partial charge in [0.05, 0.1) is 15.8 Å². The third-order valence-electron chi connectivity index (χ3n) is 1.86. The number of thiol groups is 1. The van der Waals surface area contributed by atoms with Crippen LogP contribution in [-0.2, 0) is 6.54 Å². The molecule has 0 saturated heterocycles. The Kier molecular flexibility index (Phi) is 3.91. The molecule has 2 aromatic rings. The summed E-state index contributed by atoms with van der Waals surface area (Å²) in [5.41, 5.74) is 0. The number of halogens is 1. The zero-order chi connectivity index (χ0) is 11.5. The monoisotopic (exact) mass is 289 g/mol. The van der Waals surface area contributed by atoms with Gasteiger partial charge in [0.15, 0.2) is 0 Å².